The number of nitrogens with zero attached hydrogens (tertiary/aromatic N) is 3. The van der Waals surface area contributed by atoms with Crippen molar-refractivity contribution in [2.45, 2.75) is 20.5 Å². The fourth-order valence-corrected chi connectivity index (χ4v) is 4.29. The van der Waals surface area contributed by atoms with E-state index < -0.39 is 0 Å². The standard InChI is InChI=1S/C25H20Br2FN3O3/c1-3-33-23-11-16(10-20(27)24(23)34-14-17-6-4-5-7-21(17)28)13-29-31-15(2)30-22-9-8-18(26)12-19(22)25(31)32/h4-13H,3,14H2,1-2H3. The van der Waals surface area contributed by atoms with E-state index in [0.717, 1.165) is 4.47 Å². The number of rotatable bonds is 7. The van der Waals surface area contributed by atoms with E-state index in [9.17, 15) is 9.18 Å². The van der Waals surface area contributed by atoms with Gasteiger partial charge in [0.1, 0.15) is 18.2 Å². The minimum atomic E-state index is -0.336. The van der Waals surface area contributed by atoms with Gasteiger partial charge in [0.05, 0.1) is 28.2 Å². The number of hydrogen-bond donors (Lipinski definition) is 0. The lowest BCUT2D eigenvalue weighted by atomic mass is 10.2. The first-order valence-electron chi connectivity index (χ1n) is 10.4. The highest BCUT2D eigenvalue weighted by Gasteiger charge is 2.14. The third-order valence-corrected chi connectivity index (χ3v) is 6.04. The topological polar surface area (TPSA) is 65.7 Å². The smallest absolute Gasteiger partial charge is 0.282 e. The van der Waals surface area contributed by atoms with E-state index in [2.05, 4.69) is 41.9 Å². The fraction of sp³-hybridized carbons (Fsp3) is 0.160. The van der Waals surface area contributed by atoms with Crippen LogP contribution < -0.4 is 15.0 Å². The molecule has 6 nitrogen and oxygen atoms in total. The van der Waals surface area contributed by atoms with Crippen LogP contribution in [0.4, 0.5) is 4.39 Å². The summed E-state index contributed by atoms with van der Waals surface area (Å²) in [7, 11) is 0. The van der Waals surface area contributed by atoms with Gasteiger partial charge in [0, 0.05) is 10.0 Å². The largest absolute Gasteiger partial charge is 0.490 e. The molecular weight excluding hydrogens is 569 g/mol. The number of benzene rings is 3. The lowest BCUT2D eigenvalue weighted by Crippen LogP contribution is -2.20. The summed E-state index contributed by atoms with van der Waals surface area (Å²) in [4.78, 5) is 17.4. The average molecular weight is 589 g/mol. The van der Waals surface area contributed by atoms with Crippen LogP contribution in [-0.4, -0.2) is 22.5 Å². The van der Waals surface area contributed by atoms with Gasteiger partial charge >= 0.3 is 0 Å². The van der Waals surface area contributed by atoms with Crippen molar-refractivity contribution in [1.29, 1.82) is 0 Å². The monoisotopic (exact) mass is 587 g/mol. The number of halogens is 3. The molecule has 0 N–H and O–H groups in total. The Morgan fingerprint density at radius 2 is 1.91 bits per heavy atom. The molecule has 0 unspecified atom stereocenters. The van der Waals surface area contributed by atoms with Gasteiger partial charge < -0.3 is 9.47 Å². The highest BCUT2D eigenvalue weighted by atomic mass is 79.9. The maximum Gasteiger partial charge on any atom is 0.282 e. The highest BCUT2D eigenvalue weighted by Crippen LogP contribution is 2.37. The molecule has 9 heteroatoms. The first kappa shape index (κ1) is 24.1. The van der Waals surface area contributed by atoms with Crippen molar-refractivity contribution in [3.63, 3.8) is 0 Å². The SMILES string of the molecule is CCOc1cc(C=Nn2c(C)nc3ccc(Br)cc3c2=O)cc(Br)c1OCc1ccccc1F. The molecule has 0 aliphatic carbocycles. The fourth-order valence-electron chi connectivity index (χ4n) is 3.35. The summed E-state index contributed by atoms with van der Waals surface area (Å²) in [6.45, 7) is 4.04. The summed E-state index contributed by atoms with van der Waals surface area (Å²) in [5.41, 5.74) is 1.45. The molecule has 3 aromatic carbocycles. The Labute approximate surface area is 212 Å². The molecule has 0 radical (unpaired) electrons. The molecule has 4 rings (SSSR count). The lowest BCUT2D eigenvalue weighted by Gasteiger charge is -2.15. The number of aryl methyl sites for hydroxylation is 1. The molecule has 0 saturated carbocycles. The van der Waals surface area contributed by atoms with Crippen LogP contribution in [0.2, 0.25) is 0 Å². The Hall–Kier alpha value is -3.04. The van der Waals surface area contributed by atoms with Crippen LogP contribution in [0.15, 0.2) is 73.4 Å². The molecule has 1 aromatic heterocycles. The molecule has 0 spiro atoms. The van der Waals surface area contributed by atoms with Crippen LogP contribution in [-0.2, 0) is 6.61 Å². The van der Waals surface area contributed by atoms with Crippen molar-refractivity contribution >= 4 is 49.0 Å². The van der Waals surface area contributed by atoms with Crippen LogP contribution in [0.5, 0.6) is 11.5 Å². The molecule has 4 aromatic rings. The van der Waals surface area contributed by atoms with Crippen molar-refractivity contribution in [2.75, 3.05) is 6.61 Å². The minimum absolute atomic E-state index is 0.0473. The van der Waals surface area contributed by atoms with E-state index >= 15 is 0 Å². The minimum Gasteiger partial charge on any atom is -0.490 e. The summed E-state index contributed by atoms with van der Waals surface area (Å²) >= 11 is 6.90. The zero-order valence-electron chi connectivity index (χ0n) is 18.4. The number of aromatic nitrogens is 2. The predicted molar refractivity (Wildman–Crippen MR) is 137 cm³/mol. The third-order valence-electron chi connectivity index (χ3n) is 4.95. The van der Waals surface area contributed by atoms with Crippen LogP contribution in [0.25, 0.3) is 10.9 Å². The van der Waals surface area contributed by atoms with Crippen LogP contribution >= 0.6 is 31.9 Å². The summed E-state index contributed by atoms with van der Waals surface area (Å²) in [6, 6.07) is 15.3. The lowest BCUT2D eigenvalue weighted by molar-refractivity contribution is 0.264. The third kappa shape index (κ3) is 5.20. The molecule has 0 atom stereocenters. The van der Waals surface area contributed by atoms with Crippen molar-refractivity contribution < 1.29 is 13.9 Å². The zero-order valence-corrected chi connectivity index (χ0v) is 21.6. The summed E-state index contributed by atoms with van der Waals surface area (Å²) < 4.78 is 28.3. The van der Waals surface area contributed by atoms with Gasteiger partial charge in [0.15, 0.2) is 11.5 Å². The van der Waals surface area contributed by atoms with Gasteiger partial charge in [0.2, 0.25) is 0 Å². The van der Waals surface area contributed by atoms with E-state index in [-0.39, 0.29) is 18.0 Å². The van der Waals surface area contributed by atoms with Crippen molar-refractivity contribution in [2.24, 2.45) is 5.10 Å². The molecule has 0 aliphatic rings. The highest BCUT2D eigenvalue weighted by molar-refractivity contribution is 9.10. The Balaban J connectivity index is 1.66. The summed E-state index contributed by atoms with van der Waals surface area (Å²) in [5.74, 6) is 1.05. The Bertz CT molecular complexity index is 1450. The second kappa shape index (κ2) is 10.5. The summed E-state index contributed by atoms with van der Waals surface area (Å²) in [6.07, 6.45) is 1.55. The van der Waals surface area contributed by atoms with E-state index in [0.29, 0.717) is 50.4 Å². The number of hydrogen-bond acceptors (Lipinski definition) is 5. The maximum absolute atomic E-state index is 14.0. The van der Waals surface area contributed by atoms with E-state index in [1.54, 1.807) is 55.6 Å². The van der Waals surface area contributed by atoms with E-state index in [1.165, 1.54) is 10.7 Å². The molecule has 0 fully saturated rings. The van der Waals surface area contributed by atoms with Gasteiger partial charge in [-0.2, -0.15) is 9.78 Å². The van der Waals surface area contributed by atoms with Crippen LogP contribution in [0.1, 0.15) is 23.9 Å². The molecule has 174 valence electrons. The average Bonchev–Trinajstić information content (AvgIpc) is 2.80. The molecule has 34 heavy (non-hydrogen) atoms. The van der Waals surface area contributed by atoms with Gasteiger partial charge in [-0.15, -0.1) is 0 Å². The Morgan fingerprint density at radius 1 is 1.12 bits per heavy atom. The van der Waals surface area contributed by atoms with Crippen molar-refractivity contribution in [1.82, 2.24) is 9.66 Å². The maximum atomic E-state index is 14.0. The number of ether oxygens (including phenoxy) is 2. The molecule has 1 heterocycles. The zero-order chi connectivity index (χ0) is 24.2. The first-order chi connectivity index (χ1) is 16.4. The second-order valence-electron chi connectivity index (χ2n) is 7.33. The predicted octanol–water partition coefficient (Wildman–Crippen LogP) is 6.23. The van der Waals surface area contributed by atoms with Crippen molar-refractivity contribution in [3.8, 4) is 11.5 Å². The molecular formula is C25H20Br2FN3O3. The molecule has 0 saturated heterocycles. The molecule has 0 aliphatic heterocycles. The Kier molecular flexibility index (Phi) is 7.43. The molecule has 0 amide bonds. The molecule has 0 bridgehead atoms. The van der Waals surface area contributed by atoms with Crippen molar-refractivity contribution in [3.05, 3.63) is 96.7 Å². The Morgan fingerprint density at radius 3 is 2.68 bits per heavy atom. The van der Waals surface area contributed by atoms with Gasteiger partial charge in [-0.05, 0) is 71.7 Å². The normalized spacial score (nSPS) is 11.3. The van der Waals surface area contributed by atoms with Gasteiger partial charge in [0.25, 0.3) is 5.56 Å². The quantitative estimate of drug-likeness (QED) is 0.240. The van der Waals surface area contributed by atoms with E-state index in [1.807, 2.05) is 13.0 Å². The van der Waals surface area contributed by atoms with Gasteiger partial charge in [-0.3, -0.25) is 4.79 Å². The van der Waals surface area contributed by atoms with Gasteiger partial charge in [-0.1, -0.05) is 34.1 Å². The van der Waals surface area contributed by atoms with Crippen LogP contribution in [0.3, 0.4) is 0 Å². The number of fused-ring (bicyclic) bond motifs is 1. The second-order valence-corrected chi connectivity index (χ2v) is 9.10. The van der Waals surface area contributed by atoms with E-state index in [4.69, 9.17) is 9.47 Å². The first-order valence-corrected chi connectivity index (χ1v) is 12.0. The summed E-state index contributed by atoms with van der Waals surface area (Å²) in [5, 5.41) is 4.83. The van der Waals surface area contributed by atoms with Crippen LogP contribution in [0, 0.1) is 12.7 Å². The van der Waals surface area contributed by atoms with Gasteiger partial charge in [-0.25, -0.2) is 9.37 Å².